The van der Waals surface area contributed by atoms with Gasteiger partial charge >= 0.3 is 6.43 Å². The van der Waals surface area contributed by atoms with Gasteiger partial charge in [0.05, 0.1) is 5.41 Å². The van der Waals surface area contributed by atoms with Gasteiger partial charge in [-0.15, -0.1) is 0 Å². The molecule has 0 bridgehead atoms. The number of piperidine rings is 1. The highest BCUT2D eigenvalue weighted by atomic mass is 19.3. The fourth-order valence-electron chi connectivity index (χ4n) is 4.61. The number of nitrogens with zero attached hydrogens (tertiary/aromatic N) is 2. The maximum atomic E-state index is 13.5. The topological polar surface area (TPSA) is 81.8 Å². The Kier molecular flexibility index (Phi) is 7.17. The van der Waals surface area contributed by atoms with Gasteiger partial charge in [-0.1, -0.05) is 6.07 Å². The molecule has 176 valence electrons. The molecule has 2 aliphatic heterocycles. The van der Waals surface area contributed by atoms with E-state index < -0.39 is 17.7 Å². The van der Waals surface area contributed by atoms with Crippen LogP contribution in [0.1, 0.15) is 56.5 Å². The van der Waals surface area contributed by atoms with E-state index in [4.69, 9.17) is 0 Å². The van der Waals surface area contributed by atoms with E-state index in [-0.39, 0.29) is 37.0 Å². The van der Waals surface area contributed by atoms with Crippen LogP contribution >= 0.6 is 0 Å². The summed E-state index contributed by atoms with van der Waals surface area (Å²) in [6.45, 7) is 9.21. The highest BCUT2D eigenvalue weighted by Crippen LogP contribution is 2.42. The van der Waals surface area contributed by atoms with Crippen LogP contribution < -0.4 is 15.5 Å². The van der Waals surface area contributed by atoms with Gasteiger partial charge in [0.1, 0.15) is 0 Å². The van der Waals surface area contributed by atoms with Gasteiger partial charge in [-0.25, -0.2) is 0 Å². The first-order chi connectivity index (χ1) is 15.1. The molecule has 3 rings (SSSR count). The molecule has 2 aliphatic rings. The van der Waals surface area contributed by atoms with Gasteiger partial charge < -0.3 is 20.4 Å². The second-order valence-electron chi connectivity index (χ2n) is 9.21. The maximum Gasteiger partial charge on any atom is 0.315 e. The standard InChI is InChI=1S/C23H32F2N4O3/c1-14(2)29(16-6-5-9-26-13-16)21(31)15-7-8-17-18(12-15)28(22(32)23(17,3)4)11-10-27-20(30)19(24)25/h7-8,12,14,16,19,26H,5-6,9-11,13H2,1-4H3,(H,27,30)/t16-/m1/s1. The molecular weight excluding hydrogens is 418 g/mol. The van der Waals surface area contributed by atoms with Crippen LogP contribution in [0.2, 0.25) is 0 Å². The van der Waals surface area contributed by atoms with E-state index in [0.717, 1.165) is 31.5 Å². The molecule has 0 spiro atoms. The fourth-order valence-corrected chi connectivity index (χ4v) is 4.61. The highest BCUT2D eigenvalue weighted by Gasteiger charge is 2.44. The molecule has 7 nitrogen and oxygen atoms in total. The van der Waals surface area contributed by atoms with Crippen LogP contribution in [0, 0.1) is 0 Å². The number of benzene rings is 1. The van der Waals surface area contributed by atoms with Gasteiger partial charge in [-0.2, -0.15) is 8.78 Å². The molecular formula is C23H32F2N4O3. The van der Waals surface area contributed by atoms with Crippen molar-refractivity contribution in [1.82, 2.24) is 15.5 Å². The van der Waals surface area contributed by atoms with E-state index in [1.807, 2.05) is 18.7 Å². The van der Waals surface area contributed by atoms with Crippen molar-refractivity contribution in [2.75, 3.05) is 31.1 Å². The van der Waals surface area contributed by atoms with Gasteiger partial charge in [0.25, 0.3) is 11.8 Å². The number of hydrogen-bond donors (Lipinski definition) is 2. The Balaban J connectivity index is 1.86. The number of carbonyl (C=O) groups is 3. The summed E-state index contributed by atoms with van der Waals surface area (Å²) >= 11 is 0. The summed E-state index contributed by atoms with van der Waals surface area (Å²) in [5.41, 5.74) is 1.03. The minimum Gasteiger partial charge on any atom is -0.349 e. The summed E-state index contributed by atoms with van der Waals surface area (Å²) in [4.78, 5) is 41.0. The maximum absolute atomic E-state index is 13.5. The Morgan fingerprint density at radius 3 is 2.62 bits per heavy atom. The van der Waals surface area contributed by atoms with Crippen molar-refractivity contribution in [3.05, 3.63) is 29.3 Å². The van der Waals surface area contributed by atoms with Crippen molar-refractivity contribution in [1.29, 1.82) is 0 Å². The molecule has 1 fully saturated rings. The Bertz CT molecular complexity index is 882. The van der Waals surface area contributed by atoms with Gasteiger partial charge in [0.15, 0.2) is 0 Å². The predicted molar refractivity (Wildman–Crippen MR) is 118 cm³/mol. The van der Waals surface area contributed by atoms with Crippen LogP contribution in [-0.2, 0) is 15.0 Å². The van der Waals surface area contributed by atoms with Crippen molar-refractivity contribution >= 4 is 23.4 Å². The third kappa shape index (κ3) is 4.62. The first kappa shape index (κ1) is 24.1. The summed E-state index contributed by atoms with van der Waals surface area (Å²) in [6.07, 6.45) is -1.16. The number of rotatable bonds is 7. The molecule has 1 atom stereocenters. The first-order valence-corrected chi connectivity index (χ1v) is 11.1. The molecule has 9 heteroatoms. The zero-order valence-electron chi connectivity index (χ0n) is 19.1. The van der Waals surface area contributed by atoms with Crippen molar-refractivity contribution < 1.29 is 23.2 Å². The predicted octanol–water partition coefficient (Wildman–Crippen LogP) is 2.29. The van der Waals surface area contributed by atoms with E-state index in [0.29, 0.717) is 11.3 Å². The van der Waals surface area contributed by atoms with Crippen LogP contribution in [0.25, 0.3) is 0 Å². The lowest BCUT2D eigenvalue weighted by Crippen LogP contribution is -2.51. The largest absolute Gasteiger partial charge is 0.349 e. The van der Waals surface area contributed by atoms with Crippen molar-refractivity contribution in [3.63, 3.8) is 0 Å². The summed E-state index contributed by atoms with van der Waals surface area (Å²) in [5.74, 6) is -1.66. The van der Waals surface area contributed by atoms with E-state index in [1.165, 1.54) is 4.90 Å². The molecule has 0 aromatic heterocycles. The molecule has 3 amide bonds. The fraction of sp³-hybridized carbons (Fsp3) is 0.609. The lowest BCUT2D eigenvalue weighted by Gasteiger charge is -2.37. The average Bonchev–Trinajstić information content (AvgIpc) is 2.94. The van der Waals surface area contributed by atoms with Gasteiger partial charge in [0.2, 0.25) is 5.91 Å². The monoisotopic (exact) mass is 450 g/mol. The quantitative estimate of drug-likeness (QED) is 0.668. The normalized spacial score (nSPS) is 19.9. The minimum absolute atomic E-state index is 0.0133. The lowest BCUT2D eigenvalue weighted by atomic mass is 9.86. The number of nitrogens with one attached hydrogen (secondary N) is 2. The second kappa shape index (κ2) is 9.52. The number of hydrogen-bond acceptors (Lipinski definition) is 4. The molecule has 0 aliphatic carbocycles. The molecule has 0 saturated carbocycles. The van der Waals surface area contributed by atoms with Crippen LogP contribution in [0.5, 0.6) is 0 Å². The third-order valence-electron chi connectivity index (χ3n) is 6.28. The number of anilines is 1. The number of fused-ring (bicyclic) bond motifs is 1. The first-order valence-electron chi connectivity index (χ1n) is 11.1. The summed E-state index contributed by atoms with van der Waals surface area (Å²) in [7, 11) is 0. The molecule has 1 aromatic rings. The SMILES string of the molecule is CC(C)N(C(=O)c1ccc2c(c1)N(CCNC(=O)C(F)F)C(=O)C2(C)C)[C@@H]1CCCNC1. The number of carbonyl (C=O) groups excluding carboxylic acids is 3. The summed E-state index contributed by atoms with van der Waals surface area (Å²) < 4.78 is 24.9. The van der Waals surface area contributed by atoms with Crippen LogP contribution in [-0.4, -0.2) is 67.3 Å². The Morgan fingerprint density at radius 1 is 1.31 bits per heavy atom. The lowest BCUT2D eigenvalue weighted by molar-refractivity contribution is -0.131. The number of amides is 3. The zero-order chi connectivity index (χ0) is 23.6. The van der Waals surface area contributed by atoms with Gasteiger partial charge in [0, 0.05) is 43.0 Å². The highest BCUT2D eigenvalue weighted by molar-refractivity contribution is 6.09. The van der Waals surface area contributed by atoms with Gasteiger partial charge in [-0.3, -0.25) is 14.4 Å². The van der Waals surface area contributed by atoms with Crippen molar-refractivity contribution in [2.24, 2.45) is 0 Å². The Labute approximate surface area is 187 Å². The zero-order valence-corrected chi connectivity index (χ0v) is 19.1. The molecule has 2 N–H and O–H groups in total. The van der Waals surface area contributed by atoms with Crippen molar-refractivity contribution in [3.8, 4) is 0 Å². The minimum atomic E-state index is -3.10. The van der Waals surface area contributed by atoms with E-state index >= 15 is 0 Å². The summed E-state index contributed by atoms with van der Waals surface area (Å²) in [5, 5.41) is 5.48. The average molecular weight is 451 g/mol. The molecule has 0 radical (unpaired) electrons. The Morgan fingerprint density at radius 2 is 2.03 bits per heavy atom. The van der Waals surface area contributed by atoms with E-state index in [1.54, 1.807) is 32.0 Å². The molecule has 2 heterocycles. The molecule has 0 unspecified atom stereocenters. The van der Waals surface area contributed by atoms with E-state index in [9.17, 15) is 23.2 Å². The van der Waals surface area contributed by atoms with Crippen LogP contribution in [0.3, 0.4) is 0 Å². The Hall–Kier alpha value is -2.55. The number of alkyl halides is 2. The molecule has 1 aromatic carbocycles. The summed E-state index contributed by atoms with van der Waals surface area (Å²) in [6, 6.07) is 5.38. The van der Waals surface area contributed by atoms with Crippen molar-refractivity contribution in [2.45, 2.75) is 64.5 Å². The third-order valence-corrected chi connectivity index (χ3v) is 6.28. The van der Waals surface area contributed by atoms with Crippen LogP contribution in [0.15, 0.2) is 18.2 Å². The van der Waals surface area contributed by atoms with E-state index in [2.05, 4.69) is 10.6 Å². The second-order valence-corrected chi connectivity index (χ2v) is 9.21. The molecule has 32 heavy (non-hydrogen) atoms. The molecule has 1 saturated heterocycles. The number of halogens is 2. The van der Waals surface area contributed by atoms with Gasteiger partial charge in [-0.05, 0) is 64.8 Å². The van der Waals surface area contributed by atoms with Crippen LogP contribution in [0.4, 0.5) is 14.5 Å². The smallest absolute Gasteiger partial charge is 0.315 e.